The molecule has 0 bridgehead atoms. The summed E-state index contributed by atoms with van der Waals surface area (Å²) >= 11 is 12.1. The zero-order valence-corrected chi connectivity index (χ0v) is 18.2. The molecule has 4 amide bonds. The van der Waals surface area contributed by atoms with Gasteiger partial charge in [0.2, 0.25) is 5.54 Å². The smallest absolute Gasteiger partial charge is 0.328 e. The first kappa shape index (κ1) is 22.0. The van der Waals surface area contributed by atoms with Gasteiger partial charge in [-0.3, -0.25) is 29.1 Å². The molecule has 166 valence electrons. The highest BCUT2D eigenvalue weighted by Gasteiger charge is 2.68. The highest BCUT2D eigenvalue weighted by atomic mass is 35.5. The lowest BCUT2D eigenvalue weighted by Gasteiger charge is -2.29. The van der Waals surface area contributed by atoms with E-state index in [4.69, 9.17) is 23.2 Å². The van der Waals surface area contributed by atoms with Crippen molar-refractivity contribution in [3.05, 3.63) is 63.4 Å². The summed E-state index contributed by atoms with van der Waals surface area (Å²) in [5.41, 5.74) is -1.87. The zero-order valence-electron chi connectivity index (χ0n) is 16.6. The van der Waals surface area contributed by atoms with Gasteiger partial charge in [-0.15, -0.1) is 0 Å². The second-order valence-corrected chi connectivity index (χ2v) is 8.18. The van der Waals surface area contributed by atoms with Crippen LogP contribution in [0.2, 0.25) is 10.0 Å². The van der Waals surface area contributed by atoms with Crippen molar-refractivity contribution in [3.63, 3.8) is 0 Å². The van der Waals surface area contributed by atoms with Gasteiger partial charge in [0.25, 0.3) is 11.8 Å². The Balaban J connectivity index is 1.88. The fourth-order valence-corrected chi connectivity index (χ4v) is 4.61. The van der Waals surface area contributed by atoms with E-state index in [2.05, 4.69) is 0 Å². The lowest BCUT2D eigenvalue weighted by Crippen LogP contribution is -2.54. The number of anilines is 1. The molecule has 1 N–H and O–H groups in total. The van der Waals surface area contributed by atoms with Crippen LogP contribution in [0, 0.1) is 5.82 Å². The largest absolute Gasteiger partial charge is 0.480 e. The topological polar surface area (TPSA) is 98.2 Å². The fourth-order valence-electron chi connectivity index (χ4n) is 4.25. The molecule has 0 aromatic heterocycles. The summed E-state index contributed by atoms with van der Waals surface area (Å²) in [6, 6.07) is 7.17. The Bertz CT molecular complexity index is 1190. The van der Waals surface area contributed by atoms with E-state index in [9.17, 15) is 28.7 Å². The van der Waals surface area contributed by atoms with Crippen molar-refractivity contribution in [2.45, 2.75) is 19.0 Å². The summed E-state index contributed by atoms with van der Waals surface area (Å²) in [5, 5.41) is 9.71. The molecule has 4 rings (SSSR count). The predicted molar refractivity (Wildman–Crippen MR) is 113 cm³/mol. The quantitative estimate of drug-likeness (QED) is 0.524. The average molecular weight is 480 g/mol. The first-order valence-corrected chi connectivity index (χ1v) is 10.3. The fraction of sp³-hybridized carbons (Fsp3) is 0.238. The van der Waals surface area contributed by atoms with Gasteiger partial charge in [-0.25, -0.2) is 9.18 Å². The normalized spacial score (nSPS) is 20.0. The number of halogens is 3. The number of rotatable bonds is 5. The van der Waals surface area contributed by atoms with Gasteiger partial charge in [0.1, 0.15) is 12.4 Å². The summed E-state index contributed by atoms with van der Waals surface area (Å²) in [5.74, 6) is -3.77. The Morgan fingerprint density at radius 1 is 1.03 bits per heavy atom. The molecule has 32 heavy (non-hydrogen) atoms. The summed E-state index contributed by atoms with van der Waals surface area (Å²) < 4.78 is 14.3. The van der Waals surface area contributed by atoms with E-state index >= 15 is 0 Å². The molecule has 11 heteroatoms. The summed E-state index contributed by atoms with van der Waals surface area (Å²) in [6.45, 7) is 0.368. The molecule has 0 aliphatic carbocycles. The molecule has 0 radical (unpaired) electrons. The summed E-state index contributed by atoms with van der Waals surface area (Å²) in [6.07, 6.45) is 0. The van der Waals surface area contributed by atoms with Crippen LogP contribution in [0.15, 0.2) is 36.4 Å². The third-order valence-corrected chi connectivity index (χ3v) is 6.03. The van der Waals surface area contributed by atoms with Crippen molar-refractivity contribution in [2.75, 3.05) is 18.0 Å². The number of urea groups is 1. The number of hydrogen-bond acceptors (Lipinski definition) is 4. The first-order chi connectivity index (χ1) is 15.1. The van der Waals surface area contributed by atoms with E-state index in [1.165, 1.54) is 30.3 Å². The number of carbonyl (C=O) groups excluding carboxylic acids is 3. The number of likely N-dealkylation sites (N-methyl/N-ethyl adjacent to an activating group) is 1. The maximum Gasteiger partial charge on any atom is 0.328 e. The van der Waals surface area contributed by atoms with Crippen molar-refractivity contribution < 1.29 is 28.7 Å². The van der Waals surface area contributed by atoms with Crippen molar-refractivity contribution in [3.8, 4) is 0 Å². The van der Waals surface area contributed by atoms with Crippen LogP contribution in [0.1, 0.15) is 18.1 Å². The predicted octanol–water partition coefficient (Wildman–Crippen LogP) is 3.24. The van der Waals surface area contributed by atoms with Crippen molar-refractivity contribution >= 4 is 52.7 Å². The highest BCUT2D eigenvalue weighted by Crippen LogP contribution is 2.49. The van der Waals surface area contributed by atoms with E-state index < -0.39 is 48.3 Å². The first-order valence-electron chi connectivity index (χ1n) is 9.54. The molecule has 1 spiro atoms. The summed E-state index contributed by atoms with van der Waals surface area (Å²) in [7, 11) is 0. The number of carboxylic acid groups (broad SMARTS) is 1. The van der Waals surface area contributed by atoms with Crippen LogP contribution in [-0.2, 0) is 26.5 Å². The molecular formula is C21H16Cl2FN3O5. The number of fused-ring (bicyclic) bond motifs is 2. The number of hydrogen-bond donors (Lipinski definition) is 1. The Labute approximate surface area is 191 Å². The molecule has 1 fully saturated rings. The van der Waals surface area contributed by atoms with Crippen molar-refractivity contribution in [1.29, 1.82) is 0 Å². The van der Waals surface area contributed by atoms with Crippen LogP contribution in [0.5, 0.6) is 0 Å². The van der Waals surface area contributed by atoms with Gasteiger partial charge in [-0.05, 0) is 43.3 Å². The molecule has 2 aromatic rings. The lowest BCUT2D eigenvalue weighted by molar-refractivity contribution is -0.144. The Hall–Kier alpha value is -3.17. The zero-order chi connectivity index (χ0) is 23.4. The molecule has 2 aliphatic heterocycles. The van der Waals surface area contributed by atoms with Gasteiger partial charge in [-0.1, -0.05) is 23.2 Å². The second-order valence-electron chi connectivity index (χ2n) is 7.31. The monoisotopic (exact) mass is 479 g/mol. The number of imide groups is 1. The third kappa shape index (κ3) is 3.03. The van der Waals surface area contributed by atoms with Crippen LogP contribution in [0.3, 0.4) is 0 Å². The third-order valence-electron chi connectivity index (χ3n) is 5.56. The van der Waals surface area contributed by atoms with Crippen LogP contribution >= 0.6 is 23.2 Å². The van der Waals surface area contributed by atoms with Crippen molar-refractivity contribution in [2.24, 2.45) is 0 Å². The van der Waals surface area contributed by atoms with E-state index in [1.807, 2.05) is 0 Å². The van der Waals surface area contributed by atoms with Crippen LogP contribution in [0.4, 0.5) is 14.9 Å². The molecule has 1 atom stereocenters. The van der Waals surface area contributed by atoms with Crippen LogP contribution in [0.25, 0.3) is 0 Å². The standard InChI is InChI=1S/C21H16Cl2FN3O5/c1-2-27-20(32)26(9-11-7-12(22)3-5-15(11)24)19(31)21(27)14-8-13(23)4-6-16(14)25(18(21)30)10-17(28)29/h3-8H,2,9-10H2,1H3,(H,28,29)/t21-/m0/s1. The van der Waals surface area contributed by atoms with Gasteiger partial charge in [-0.2, -0.15) is 0 Å². The molecule has 2 aromatic carbocycles. The van der Waals surface area contributed by atoms with Gasteiger partial charge in [0.05, 0.1) is 12.2 Å². The van der Waals surface area contributed by atoms with E-state index in [-0.39, 0.29) is 33.4 Å². The van der Waals surface area contributed by atoms with Crippen molar-refractivity contribution in [1.82, 2.24) is 9.80 Å². The molecule has 0 saturated carbocycles. The number of nitrogens with zero attached hydrogens (tertiary/aromatic N) is 3. The Morgan fingerprint density at radius 2 is 1.66 bits per heavy atom. The average Bonchev–Trinajstić information content (AvgIpc) is 3.09. The number of amides is 4. The minimum Gasteiger partial charge on any atom is -0.480 e. The van der Waals surface area contributed by atoms with Crippen LogP contribution in [-0.4, -0.2) is 51.8 Å². The van der Waals surface area contributed by atoms with Gasteiger partial charge >= 0.3 is 12.0 Å². The molecule has 8 nitrogen and oxygen atoms in total. The Kier molecular flexibility index (Phi) is 5.34. The molecule has 2 heterocycles. The minimum atomic E-state index is -2.13. The number of carbonyl (C=O) groups is 4. The van der Waals surface area contributed by atoms with E-state index in [0.29, 0.717) is 0 Å². The SMILES string of the molecule is CCN1C(=O)N(Cc2cc(Cl)ccc2F)C(=O)[C@]12C(=O)N(CC(=O)O)c1ccc(Cl)cc12. The minimum absolute atomic E-state index is 0.00791. The molecule has 1 saturated heterocycles. The van der Waals surface area contributed by atoms with Gasteiger partial charge < -0.3 is 5.11 Å². The van der Waals surface area contributed by atoms with Gasteiger partial charge in [0.15, 0.2) is 0 Å². The number of aliphatic carboxylic acids is 1. The second kappa shape index (κ2) is 7.75. The molecular weight excluding hydrogens is 464 g/mol. The number of carboxylic acids is 1. The van der Waals surface area contributed by atoms with Crippen LogP contribution < -0.4 is 4.90 Å². The summed E-state index contributed by atoms with van der Waals surface area (Å²) in [4.78, 5) is 54.6. The number of benzene rings is 2. The Morgan fingerprint density at radius 3 is 2.31 bits per heavy atom. The molecule has 0 unspecified atom stereocenters. The molecule has 2 aliphatic rings. The lowest BCUT2D eigenvalue weighted by atomic mass is 9.89. The highest BCUT2D eigenvalue weighted by molar-refractivity contribution is 6.32. The maximum atomic E-state index is 14.3. The van der Waals surface area contributed by atoms with Gasteiger partial charge in [0, 0.05) is 27.7 Å². The maximum absolute atomic E-state index is 14.3. The van der Waals surface area contributed by atoms with E-state index in [0.717, 1.165) is 20.8 Å². The van der Waals surface area contributed by atoms with E-state index in [1.54, 1.807) is 6.92 Å².